The second kappa shape index (κ2) is 25.6. The van der Waals surface area contributed by atoms with Gasteiger partial charge < -0.3 is 20.1 Å². The van der Waals surface area contributed by atoms with Gasteiger partial charge in [-0.3, -0.25) is 4.79 Å². The van der Waals surface area contributed by atoms with Gasteiger partial charge in [0.15, 0.2) is 0 Å². The predicted molar refractivity (Wildman–Crippen MR) is 169 cm³/mol. The van der Waals surface area contributed by atoms with Gasteiger partial charge in [0.05, 0.1) is 7.11 Å². The molecule has 0 aromatic heterocycles. The largest absolute Gasteiger partial charge is 0.467 e. The van der Waals surface area contributed by atoms with Crippen molar-refractivity contribution in [1.82, 2.24) is 10.6 Å². The normalized spacial score (nSPS) is 13.3. The van der Waals surface area contributed by atoms with Crippen molar-refractivity contribution in [2.24, 2.45) is 0 Å². The summed E-state index contributed by atoms with van der Waals surface area (Å²) in [7, 11) is 1.31. The summed E-state index contributed by atoms with van der Waals surface area (Å²) >= 11 is 0. The minimum Gasteiger partial charge on any atom is -0.467 e. The standard InChI is InChI=1S/C34H54N2O5/c1-6-7-8-9-10-11-12-13-14-15-16-17-18-19-20-21-22-23-24-28-31(37)36-30(32(38)40-5)27-25-26-29-35-33(39)41-34(2,3)4/h7-8,10-11,13-14,16-17,19-20,22-23,30H,6,9,12,15,18,21,24-29H2,1-5H3,(H,35,39)(H,36,37). The zero-order valence-corrected chi connectivity index (χ0v) is 26.0. The van der Waals surface area contributed by atoms with E-state index < -0.39 is 23.7 Å². The highest BCUT2D eigenvalue weighted by atomic mass is 16.6. The average Bonchev–Trinajstić information content (AvgIpc) is 2.92. The van der Waals surface area contributed by atoms with Crippen molar-refractivity contribution in [2.75, 3.05) is 13.7 Å². The first kappa shape index (κ1) is 37.6. The van der Waals surface area contributed by atoms with Crippen LogP contribution in [0.1, 0.15) is 98.3 Å². The fourth-order valence-electron chi connectivity index (χ4n) is 3.49. The number of carbonyl (C=O) groups is 3. The quantitative estimate of drug-likeness (QED) is 0.0834. The molecule has 1 atom stereocenters. The predicted octanol–water partition coefficient (Wildman–Crippen LogP) is 7.82. The second-order valence-corrected chi connectivity index (χ2v) is 10.5. The number of esters is 1. The Morgan fingerprint density at radius 3 is 1.68 bits per heavy atom. The van der Waals surface area contributed by atoms with Crippen molar-refractivity contribution in [3.63, 3.8) is 0 Å². The van der Waals surface area contributed by atoms with Crippen LogP contribution in [0.4, 0.5) is 4.79 Å². The molecule has 41 heavy (non-hydrogen) atoms. The third-order valence-electron chi connectivity index (χ3n) is 5.54. The molecule has 0 fully saturated rings. The molecule has 7 nitrogen and oxygen atoms in total. The molecule has 0 aliphatic rings. The Morgan fingerprint density at radius 1 is 0.732 bits per heavy atom. The maximum atomic E-state index is 12.3. The number of rotatable bonds is 21. The Morgan fingerprint density at radius 2 is 1.22 bits per heavy atom. The summed E-state index contributed by atoms with van der Waals surface area (Å²) in [5.74, 6) is -0.654. The molecule has 0 spiro atoms. The third kappa shape index (κ3) is 26.6. The minimum atomic E-state index is -0.695. The molecule has 2 N–H and O–H groups in total. The van der Waals surface area contributed by atoms with Gasteiger partial charge in [0.1, 0.15) is 11.6 Å². The average molecular weight is 571 g/mol. The lowest BCUT2D eigenvalue weighted by atomic mass is 10.1. The van der Waals surface area contributed by atoms with Crippen LogP contribution in [0.2, 0.25) is 0 Å². The maximum Gasteiger partial charge on any atom is 0.407 e. The molecule has 230 valence electrons. The fourth-order valence-corrected chi connectivity index (χ4v) is 3.49. The first-order chi connectivity index (χ1) is 19.7. The lowest BCUT2D eigenvalue weighted by Gasteiger charge is -2.20. The summed E-state index contributed by atoms with van der Waals surface area (Å²) in [6.07, 6.45) is 33.7. The van der Waals surface area contributed by atoms with Crippen molar-refractivity contribution in [2.45, 2.75) is 110 Å². The van der Waals surface area contributed by atoms with E-state index in [1.54, 1.807) is 20.8 Å². The smallest absolute Gasteiger partial charge is 0.407 e. The van der Waals surface area contributed by atoms with Crippen LogP contribution in [-0.4, -0.2) is 43.3 Å². The van der Waals surface area contributed by atoms with Crippen LogP contribution in [0.5, 0.6) is 0 Å². The van der Waals surface area contributed by atoms with E-state index in [4.69, 9.17) is 9.47 Å². The van der Waals surface area contributed by atoms with Crippen molar-refractivity contribution in [3.8, 4) is 0 Å². The lowest BCUT2D eigenvalue weighted by molar-refractivity contribution is -0.145. The van der Waals surface area contributed by atoms with Crippen LogP contribution >= 0.6 is 0 Å². The zero-order chi connectivity index (χ0) is 30.6. The number of carbonyl (C=O) groups excluding carboxylic acids is 3. The van der Waals surface area contributed by atoms with E-state index in [1.807, 2.05) is 12.2 Å². The number of methoxy groups -OCH3 is 1. The molecule has 0 aromatic rings. The zero-order valence-electron chi connectivity index (χ0n) is 26.0. The number of ether oxygens (including phenoxy) is 2. The molecular formula is C34H54N2O5. The number of allylic oxidation sites excluding steroid dienone is 12. The number of unbranched alkanes of at least 4 members (excludes halogenated alkanes) is 1. The van der Waals surface area contributed by atoms with Crippen molar-refractivity contribution in [1.29, 1.82) is 0 Å². The van der Waals surface area contributed by atoms with Crippen LogP contribution in [0.3, 0.4) is 0 Å². The lowest BCUT2D eigenvalue weighted by Crippen LogP contribution is -2.41. The Kier molecular flexibility index (Phi) is 23.5. The van der Waals surface area contributed by atoms with E-state index in [1.165, 1.54) is 7.11 Å². The molecule has 1 unspecified atom stereocenters. The van der Waals surface area contributed by atoms with Gasteiger partial charge in [-0.1, -0.05) is 79.8 Å². The van der Waals surface area contributed by atoms with Gasteiger partial charge in [-0.15, -0.1) is 0 Å². The van der Waals surface area contributed by atoms with Gasteiger partial charge in [0, 0.05) is 13.0 Å². The van der Waals surface area contributed by atoms with Crippen molar-refractivity contribution < 1.29 is 23.9 Å². The van der Waals surface area contributed by atoms with Crippen LogP contribution < -0.4 is 10.6 Å². The first-order valence-electron chi connectivity index (χ1n) is 14.9. The fraction of sp³-hybridized carbons (Fsp3) is 0.559. The van der Waals surface area contributed by atoms with Crippen LogP contribution in [-0.2, 0) is 19.1 Å². The summed E-state index contributed by atoms with van der Waals surface area (Å²) < 4.78 is 10.0. The molecule has 0 rings (SSSR count). The van der Waals surface area contributed by atoms with Gasteiger partial charge >= 0.3 is 12.1 Å². The Labute approximate surface area is 248 Å². The van der Waals surface area contributed by atoms with Crippen LogP contribution in [0.25, 0.3) is 0 Å². The Hall–Kier alpha value is -3.35. The minimum absolute atomic E-state index is 0.188. The highest BCUT2D eigenvalue weighted by Gasteiger charge is 2.21. The van der Waals surface area contributed by atoms with Gasteiger partial charge in [-0.05, 0) is 85.0 Å². The highest BCUT2D eigenvalue weighted by Crippen LogP contribution is 2.07. The molecule has 0 aromatic carbocycles. The summed E-state index contributed by atoms with van der Waals surface area (Å²) in [4.78, 5) is 36.1. The molecule has 2 amide bonds. The summed E-state index contributed by atoms with van der Waals surface area (Å²) in [6, 6.07) is -0.695. The van der Waals surface area contributed by atoms with Crippen LogP contribution in [0.15, 0.2) is 72.9 Å². The van der Waals surface area contributed by atoms with Crippen molar-refractivity contribution >= 4 is 18.0 Å². The second-order valence-electron chi connectivity index (χ2n) is 10.5. The first-order valence-corrected chi connectivity index (χ1v) is 14.9. The highest BCUT2D eigenvalue weighted by molar-refractivity contribution is 5.84. The molecule has 0 heterocycles. The summed E-state index contributed by atoms with van der Waals surface area (Å²) in [5.41, 5.74) is -0.546. The Bertz CT molecular complexity index is 891. The summed E-state index contributed by atoms with van der Waals surface area (Å²) in [5, 5.41) is 5.45. The van der Waals surface area contributed by atoms with Gasteiger partial charge in [-0.25, -0.2) is 9.59 Å². The van der Waals surface area contributed by atoms with Crippen LogP contribution in [0, 0.1) is 0 Å². The van der Waals surface area contributed by atoms with E-state index in [0.29, 0.717) is 38.6 Å². The van der Waals surface area contributed by atoms with Gasteiger partial charge in [0.2, 0.25) is 5.91 Å². The number of alkyl carbamates (subject to hydrolysis) is 1. The topological polar surface area (TPSA) is 93.7 Å². The van der Waals surface area contributed by atoms with E-state index in [9.17, 15) is 14.4 Å². The number of hydrogen-bond acceptors (Lipinski definition) is 5. The molecule has 0 aliphatic carbocycles. The van der Waals surface area contributed by atoms with Gasteiger partial charge in [-0.2, -0.15) is 0 Å². The molecule has 7 heteroatoms. The molecular weight excluding hydrogens is 516 g/mol. The molecule has 0 bridgehead atoms. The molecule has 0 aliphatic heterocycles. The molecule has 0 saturated carbocycles. The Balaban J connectivity index is 4.03. The third-order valence-corrected chi connectivity index (χ3v) is 5.54. The molecule has 0 saturated heterocycles. The number of amides is 2. The maximum absolute atomic E-state index is 12.3. The van der Waals surface area contributed by atoms with E-state index in [0.717, 1.165) is 38.5 Å². The van der Waals surface area contributed by atoms with E-state index >= 15 is 0 Å². The monoisotopic (exact) mass is 570 g/mol. The number of nitrogens with one attached hydrogen (secondary N) is 2. The van der Waals surface area contributed by atoms with E-state index in [-0.39, 0.29) is 5.91 Å². The van der Waals surface area contributed by atoms with E-state index in [2.05, 4.69) is 78.3 Å². The van der Waals surface area contributed by atoms with Gasteiger partial charge in [0.25, 0.3) is 0 Å². The van der Waals surface area contributed by atoms with Crippen molar-refractivity contribution in [3.05, 3.63) is 72.9 Å². The molecule has 0 radical (unpaired) electrons. The number of hydrogen-bond donors (Lipinski definition) is 2. The summed E-state index contributed by atoms with van der Waals surface area (Å²) in [6.45, 7) is 7.98. The SMILES string of the molecule is CCC=CCC=CCC=CCC=CCC=CCC=CCCC(=O)NC(CCCCNC(=O)OC(C)(C)C)C(=O)OC.